The molecule has 1 fully saturated rings. The van der Waals surface area contributed by atoms with Gasteiger partial charge >= 0.3 is 0 Å². The molecule has 0 N–H and O–H groups in total. The number of nitriles is 1. The number of hydrogen-bond acceptors (Lipinski definition) is 8. The normalized spacial score (nSPS) is 17.4. The van der Waals surface area contributed by atoms with E-state index < -0.39 is 0 Å². The summed E-state index contributed by atoms with van der Waals surface area (Å²) in [5.41, 5.74) is 3.34. The molecule has 0 saturated carbocycles. The molecular formula is C25H24N6O2S. The summed E-state index contributed by atoms with van der Waals surface area (Å²) in [4.78, 5) is 4.22. The minimum atomic E-state index is 0.463. The van der Waals surface area contributed by atoms with Crippen LogP contribution in [0.4, 0.5) is 11.6 Å². The number of allylic oxidation sites excluding steroid dienone is 2. The van der Waals surface area contributed by atoms with Crippen LogP contribution in [0.1, 0.15) is 12.7 Å². The number of thioether (sulfide) groups is 1. The van der Waals surface area contributed by atoms with Crippen molar-refractivity contribution in [1.82, 2.24) is 14.8 Å². The first-order chi connectivity index (χ1) is 16.7. The summed E-state index contributed by atoms with van der Waals surface area (Å²) in [6.07, 6.45) is 0. The zero-order chi connectivity index (χ0) is 23.5. The van der Waals surface area contributed by atoms with E-state index in [4.69, 9.17) is 9.47 Å². The molecule has 1 saturated heterocycles. The standard InChI is InChI=1S/C25H24N6O2S/c1-18-17-34-24(30(18)20-8-10-21(32-2)11-9-20)22(16-26)23-27-28-25(29-12-14-33-15-13-29)31(23)19-6-4-3-5-7-19/h3-11,17H,12-15H2,1-2H3/b24-22-. The van der Waals surface area contributed by atoms with Crippen LogP contribution >= 0.6 is 11.8 Å². The third kappa shape index (κ3) is 4.02. The number of benzene rings is 2. The van der Waals surface area contributed by atoms with Gasteiger partial charge in [-0.1, -0.05) is 30.0 Å². The quantitative estimate of drug-likeness (QED) is 0.505. The lowest BCUT2D eigenvalue weighted by Crippen LogP contribution is -2.38. The van der Waals surface area contributed by atoms with Crippen LogP contribution in [0.5, 0.6) is 5.75 Å². The van der Waals surface area contributed by atoms with Crippen molar-refractivity contribution < 1.29 is 9.47 Å². The summed E-state index contributed by atoms with van der Waals surface area (Å²) in [5, 5.41) is 22.3. The van der Waals surface area contributed by atoms with E-state index in [9.17, 15) is 5.26 Å². The lowest BCUT2D eigenvalue weighted by molar-refractivity contribution is 0.122. The third-order valence-corrected chi connectivity index (χ3v) is 6.80. The van der Waals surface area contributed by atoms with Gasteiger partial charge < -0.3 is 19.3 Å². The molecule has 1 aromatic heterocycles. The van der Waals surface area contributed by atoms with Crippen molar-refractivity contribution in [2.75, 3.05) is 43.2 Å². The Hall–Kier alpha value is -3.74. The van der Waals surface area contributed by atoms with Gasteiger partial charge in [-0.2, -0.15) is 5.26 Å². The smallest absolute Gasteiger partial charge is 0.232 e. The van der Waals surface area contributed by atoms with E-state index in [1.54, 1.807) is 7.11 Å². The van der Waals surface area contributed by atoms with Gasteiger partial charge in [-0.05, 0) is 48.7 Å². The summed E-state index contributed by atoms with van der Waals surface area (Å²) in [7, 11) is 1.65. The van der Waals surface area contributed by atoms with Gasteiger partial charge in [0.2, 0.25) is 5.95 Å². The van der Waals surface area contributed by atoms with Gasteiger partial charge in [0.15, 0.2) is 5.82 Å². The minimum Gasteiger partial charge on any atom is -0.497 e. The Morgan fingerprint density at radius 3 is 2.44 bits per heavy atom. The lowest BCUT2D eigenvalue weighted by atomic mass is 10.2. The molecule has 0 spiro atoms. The molecule has 0 unspecified atom stereocenters. The maximum atomic E-state index is 10.4. The average molecular weight is 473 g/mol. The van der Waals surface area contributed by atoms with Gasteiger partial charge in [0.25, 0.3) is 0 Å². The van der Waals surface area contributed by atoms with Crippen LogP contribution in [0.25, 0.3) is 11.3 Å². The zero-order valence-electron chi connectivity index (χ0n) is 19.0. The fourth-order valence-electron chi connectivity index (χ4n) is 4.04. The number of methoxy groups -OCH3 is 1. The first-order valence-electron chi connectivity index (χ1n) is 11.0. The minimum absolute atomic E-state index is 0.463. The second-order valence-electron chi connectivity index (χ2n) is 7.80. The van der Waals surface area contributed by atoms with E-state index in [0.29, 0.717) is 30.6 Å². The summed E-state index contributed by atoms with van der Waals surface area (Å²) in [6, 6.07) is 20.1. The van der Waals surface area contributed by atoms with Gasteiger partial charge in [0.05, 0.1) is 26.0 Å². The van der Waals surface area contributed by atoms with Crippen molar-refractivity contribution in [1.29, 1.82) is 5.26 Å². The maximum Gasteiger partial charge on any atom is 0.232 e. The molecule has 0 radical (unpaired) electrons. The van der Waals surface area contributed by atoms with Crippen molar-refractivity contribution in [3.05, 3.63) is 76.6 Å². The number of hydrogen-bond donors (Lipinski definition) is 0. The van der Waals surface area contributed by atoms with Gasteiger partial charge in [0.1, 0.15) is 22.4 Å². The van der Waals surface area contributed by atoms with Crippen LogP contribution in [0.15, 0.2) is 70.7 Å². The summed E-state index contributed by atoms with van der Waals surface area (Å²) >= 11 is 1.51. The number of para-hydroxylation sites is 1. The molecule has 3 aromatic rings. The highest BCUT2D eigenvalue weighted by Crippen LogP contribution is 2.43. The molecule has 2 aliphatic heterocycles. The lowest BCUT2D eigenvalue weighted by Gasteiger charge is -2.28. The van der Waals surface area contributed by atoms with Crippen molar-refractivity contribution in [3.63, 3.8) is 0 Å². The summed E-state index contributed by atoms with van der Waals surface area (Å²) < 4.78 is 12.8. The maximum absolute atomic E-state index is 10.4. The first-order valence-corrected chi connectivity index (χ1v) is 11.8. The molecule has 0 bridgehead atoms. The van der Waals surface area contributed by atoms with Crippen molar-refractivity contribution in [2.24, 2.45) is 0 Å². The Bertz CT molecular complexity index is 1270. The monoisotopic (exact) mass is 472 g/mol. The number of aromatic nitrogens is 3. The SMILES string of the molecule is COc1ccc(N2C(C)=CS/C2=C(/C#N)c2nnc(N3CCOCC3)n2-c2ccccc2)cc1. The highest BCUT2D eigenvalue weighted by molar-refractivity contribution is 8.06. The average Bonchev–Trinajstić information content (AvgIpc) is 3.50. The summed E-state index contributed by atoms with van der Waals surface area (Å²) in [5.74, 6) is 2.00. The molecule has 9 heteroatoms. The molecule has 5 rings (SSSR count). The van der Waals surface area contributed by atoms with Crippen LogP contribution in [0.3, 0.4) is 0 Å². The van der Waals surface area contributed by atoms with Crippen LogP contribution in [-0.4, -0.2) is 48.2 Å². The Morgan fingerprint density at radius 1 is 1.03 bits per heavy atom. The molecule has 0 atom stereocenters. The van der Waals surface area contributed by atoms with Gasteiger partial charge in [0, 0.05) is 24.5 Å². The Balaban J connectivity index is 1.65. The van der Waals surface area contributed by atoms with E-state index in [2.05, 4.69) is 26.1 Å². The second kappa shape index (κ2) is 9.63. The molecule has 34 heavy (non-hydrogen) atoms. The Labute approximate surface area is 202 Å². The molecule has 3 heterocycles. The van der Waals surface area contributed by atoms with Gasteiger partial charge in [-0.25, -0.2) is 0 Å². The molecule has 2 aromatic carbocycles. The van der Waals surface area contributed by atoms with Crippen LogP contribution < -0.4 is 14.5 Å². The van der Waals surface area contributed by atoms with E-state index in [0.717, 1.165) is 40.9 Å². The molecule has 8 nitrogen and oxygen atoms in total. The molecular weight excluding hydrogens is 448 g/mol. The van der Waals surface area contributed by atoms with Crippen LogP contribution in [-0.2, 0) is 4.74 Å². The Kier molecular flexibility index (Phi) is 6.25. The van der Waals surface area contributed by atoms with Gasteiger partial charge in [-0.15, -0.1) is 10.2 Å². The third-order valence-electron chi connectivity index (χ3n) is 5.73. The number of nitrogens with zero attached hydrogens (tertiary/aromatic N) is 6. The predicted molar refractivity (Wildman–Crippen MR) is 134 cm³/mol. The number of rotatable bonds is 5. The largest absolute Gasteiger partial charge is 0.497 e. The highest BCUT2D eigenvalue weighted by atomic mass is 32.2. The predicted octanol–water partition coefficient (Wildman–Crippen LogP) is 4.42. The van der Waals surface area contributed by atoms with Crippen LogP contribution in [0, 0.1) is 11.3 Å². The van der Waals surface area contributed by atoms with Gasteiger partial charge in [-0.3, -0.25) is 4.57 Å². The van der Waals surface area contributed by atoms with E-state index in [-0.39, 0.29) is 0 Å². The Morgan fingerprint density at radius 2 is 1.76 bits per heavy atom. The van der Waals surface area contributed by atoms with E-state index in [1.165, 1.54) is 11.8 Å². The fraction of sp³-hybridized carbons (Fsp3) is 0.240. The number of ether oxygens (including phenoxy) is 2. The second-order valence-corrected chi connectivity index (χ2v) is 8.65. The van der Waals surface area contributed by atoms with Crippen LogP contribution in [0.2, 0.25) is 0 Å². The molecule has 0 amide bonds. The fourth-order valence-corrected chi connectivity index (χ4v) is 5.04. The molecule has 2 aliphatic rings. The molecule has 0 aliphatic carbocycles. The topological polar surface area (TPSA) is 79.4 Å². The summed E-state index contributed by atoms with van der Waals surface area (Å²) in [6.45, 7) is 4.73. The van der Waals surface area contributed by atoms with Crippen molar-refractivity contribution in [3.8, 4) is 17.5 Å². The highest BCUT2D eigenvalue weighted by Gasteiger charge is 2.30. The van der Waals surface area contributed by atoms with E-state index in [1.807, 2.05) is 71.5 Å². The molecule has 172 valence electrons. The number of morpholine rings is 1. The van der Waals surface area contributed by atoms with Crippen molar-refractivity contribution >= 4 is 29.0 Å². The zero-order valence-corrected chi connectivity index (χ0v) is 19.8. The van der Waals surface area contributed by atoms with Crippen molar-refractivity contribution in [2.45, 2.75) is 6.92 Å². The first kappa shape index (κ1) is 22.1. The van der Waals surface area contributed by atoms with E-state index >= 15 is 0 Å². The number of anilines is 2.